The molecule has 1 aromatic rings. The van der Waals surface area contributed by atoms with Gasteiger partial charge in [0.2, 0.25) is 5.91 Å². The molecule has 0 spiro atoms. The predicted molar refractivity (Wildman–Crippen MR) is 171 cm³/mol. The SMILES string of the molecule is CCC1(N(CCC(C)C)C(=O)CN=C2CC3CC3/C2=C(/N)C(=O)N2CCC(O)(CF)CC2)CC1.Cc1cccc(C)c1C. The number of aryl methyl sites for hydroxylation is 2. The van der Waals surface area contributed by atoms with E-state index < -0.39 is 12.3 Å². The Bertz CT molecular complexity index is 1220. The maximum atomic E-state index is 13.2. The minimum Gasteiger partial charge on any atom is -0.394 e. The highest BCUT2D eigenvalue weighted by Gasteiger charge is 2.51. The lowest BCUT2D eigenvalue weighted by atomic mass is 9.92. The van der Waals surface area contributed by atoms with Crippen molar-refractivity contribution in [1.29, 1.82) is 0 Å². The molecule has 4 fully saturated rings. The predicted octanol–water partition coefficient (Wildman–Crippen LogP) is 5.43. The molecule has 0 bridgehead atoms. The van der Waals surface area contributed by atoms with Crippen molar-refractivity contribution >= 4 is 17.5 Å². The van der Waals surface area contributed by atoms with Gasteiger partial charge in [0.25, 0.3) is 5.91 Å². The quantitative estimate of drug-likeness (QED) is 0.371. The zero-order valence-corrected chi connectivity index (χ0v) is 27.2. The number of halogens is 1. The molecule has 7 nitrogen and oxygen atoms in total. The molecule has 1 heterocycles. The number of fused-ring (bicyclic) bond motifs is 1. The van der Waals surface area contributed by atoms with Crippen LogP contribution in [0.25, 0.3) is 0 Å². The van der Waals surface area contributed by atoms with E-state index in [1.807, 2.05) is 0 Å². The fraction of sp³-hybridized carbons (Fsp3) is 0.686. The zero-order chi connectivity index (χ0) is 31.5. The first-order valence-corrected chi connectivity index (χ1v) is 16.3. The highest BCUT2D eigenvalue weighted by atomic mass is 19.1. The van der Waals surface area contributed by atoms with Crippen molar-refractivity contribution in [2.24, 2.45) is 28.5 Å². The number of likely N-dealkylation sites (tertiary alicyclic amines) is 1. The van der Waals surface area contributed by atoms with Crippen molar-refractivity contribution in [3.63, 3.8) is 0 Å². The second kappa shape index (κ2) is 13.5. The van der Waals surface area contributed by atoms with Gasteiger partial charge < -0.3 is 20.6 Å². The molecule has 5 rings (SSSR count). The van der Waals surface area contributed by atoms with Crippen LogP contribution in [-0.4, -0.2) is 76.4 Å². The lowest BCUT2D eigenvalue weighted by Gasteiger charge is -2.36. The summed E-state index contributed by atoms with van der Waals surface area (Å²) in [5.41, 5.74) is 11.1. The number of hydrogen-bond acceptors (Lipinski definition) is 5. The first-order valence-electron chi connectivity index (χ1n) is 16.3. The van der Waals surface area contributed by atoms with Gasteiger partial charge in [-0.1, -0.05) is 39.0 Å². The van der Waals surface area contributed by atoms with E-state index in [9.17, 15) is 19.1 Å². The van der Waals surface area contributed by atoms with Crippen LogP contribution in [0.2, 0.25) is 0 Å². The molecule has 1 saturated heterocycles. The largest absolute Gasteiger partial charge is 0.394 e. The standard InChI is InChI=1S/C26H41FN4O3.C9H12/c1-4-25(6-7-25)31(10-5-17(2)3)21(32)15-29-20-14-18-13-19(18)22(20)23(28)24(33)30-11-8-26(34,16-27)9-12-30;1-7-5-4-6-8(2)9(7)3/h17-19,34H,4-16,28H2,1-3H3;4-6H,1-3H3/b23-22-,29-20?;. The van der Waals surface area contributed by atoms with Crippen molar-refractivity contribution in [3.05, 3.63) is 46.2 Å². The minimum absolute atomic E-state index is 0.00738. The molecule has 3 saturated carbocycles. The Kier molecular flexibility index (Phi) is 10.4. The summed E-state index contributed by atoms with van der Waals surface area (Å²) in [6.45, 7) is 13.6. The number of rotatable bonds is 9. The van der Waals surface area contributed by atoms with Gasteiger partial charge in [-0.2, -0.15) is 0 Å². The third-order valence-corrected chi connectivity index (χ3v) is 10.4. The smallest absolute Gasteiger partial charge is 0.270 e. The van der Waals surface area contributed by atoms with Crippen LogP contribution in [-0.2, 0) is 9.59 Å². The molecule has 2 amide bonds. The van der Waals surface area contributed by atoms with Crippen molar-refractivity contribution in [2.75, 3.05) is 32.9 Å². The molecule has 2 atom stereocenters. The lowest BCUT2D eigenvalue weighted by Crippen LogP contribution is -2.49. The maximum Gasteiger partial charge on any atom is 0.270 e. The van der Waals surface area contributed by atoms with Gasteiger partial charge in [0.05, 0.1) is 5.60 Å². The number of benzene rings is 1. The minimum atomic E-state index is -1.33. The summed E-state index contributed by atoms with van der Waals surface area (Å²) in [7, 11) is 0. The normalized spacial score (nSPS) is 25.1. The summed E-state index contributed by atoms with van der Waals surface area (Å²) in [6, 6.07) is 6.38. The van der Waals surface area contributed by atoms with Crippen LogP contribution in [0.5, 0.6) is 0 Å². The van der Waals surface area contributed by atoms with Gasteiger partial charge in [-0.25, -0.2) is 4.39 Å². The number of allylic oxidation sites excluding steroid dienone is 1. The van der Waals surface area contributed by atoms with Crippen molar-refractivity contribution in [1.82, 2.24) is 9.80 Å². The summed E-state index contributed by atoms with van der Waals surface area (Å²) < 4.78 is 13.1. The first kappa shape index (κ1) is 33.2. The molecule has 43 heavy (non-hydrogen) atoms. The zero-order valence-electron chi connectivity index (χ0n) is 27.2. The molecule has 0 aromatic heterocycles. The van der Waals surface area contributed by atoms with Crippen LogP contribution in [0.4, 0.5) is 4.39 Å². The second-order valence-electron chi connectivity index (χ2n) is 13.9. The number of amides is 2. The van der Waals surface area contributed by atoms with E-state index in [0.717, 1.165) is 56.4 Å². The van der Waals surface area contributed by atoms with E-state index in [4.69, 9.17) is 10.7 Å². The van der Waals surface area contributed by atoms with Gasteiger partial charge in [0.15, 0.2) is 0 Å². The fourth-order valence-corrected chi connectivity index (χ4v) is 6.57. The summed E-state index contributed by atoms with van der Waals surface area (Å²) in [6.07, 6.45) is 6.29. The van der Waals surface area contributed by atoms with Crippen LogP contribution in [0, 0.1) is 38.5 Å². The van der Waals surface area contributed by atoms with E-state index in [-0.39, 0.29) is 61.4 Å². The summed E-state index contributed by atoms with van der Waals surface area (Å²) in [5, 5.41) is 10.1. The van der Waals surface area contributed by atoms with Gasteiger partial charge in [0.1, 0.15) is 18.9 Å². The van der Waals surface area contributed by atoms with E-state index in [0.29, 0.717) is 11.8 Å². The number of aliphatic hydroxyl groups is 1. The molecule has 2 unspecified atom stereocenters. The molecular formula is C35H53FN4O3. The van der Waals surface area contributed by atoms with Gasteiger partial charge in [0, 0.05) is 36.5 Å². The van der Waals surface area contributed by atoms with Gasteiger partial charge in [-0.15, -0.1) is 0 Å². The van der Waals surface area contributed by atoms with Crippen molar-refractivity contribution < 1.29 is 19.1 Å². The molecule has 1 aromatic carbocycles. The van der Waals surface area contributed by atoms with E-state index in [2.05, 4.69) is 64.6 Å². The third-order valence-electron chi connectivity index (χ3n) is 10.4. The fourth-order valence-electron chi connectivity index (χ4n) is 6.57. The number of aliphatic imine (C=N–C) groups is 1. The van der Waals surface area contributed by atoms with Crippen LogP contribution in [0.1, 0.15) is 88.8 Å². The molecule has 238 valence electrons. The van der Waals surface area contributed by atoms with Crippen LogP contribution >= 0.6 is 0 Å². The Morgan fingerprint density at radius 3 is 2.28 bits per heavy atom. The molecular weight excluding hydrogens is 543 g/mol. The van der Waals surface area contributed by atoms with Crippen LogP contribution < -0.4 is 5.73 Å². The Hall–Kier alpha value is -2.74. The number of nitrogens with zero attached hydrogens (tertiary/aromatic N) is 3. The third kappa shape index (κ3) is 7.68. The Balaban J connectivity index is 0.000000403. The lowest BCUT2D eigenvalue weighted by molar-refractivity contribution is -0.133. The number of nitrogens with two attached hydrogens (primary N) is 1. The Labute approximate surface area is 257 Å². The summed E-state index contributed by atoms with van der Waals surface area (Å²) in [5.74, 6) is 1.07. The summed E-state index contributed by atoms with van der Waals surface area (Å²) in [4.78, 5) is 34.7. The number of carbonyl (C=O) groups is 2. The molecule has 0 radical (unpaired) electrons. The number of hydrogen-bond donors (Lipinski definition) is 2. The molecule has 4 aliphatic rings. The van der Waals surface area contributed by atoms with Gasteiger partial charge in [-0.3, -0.25) is 14.6 Å². The average Bonchev–Trinajstić information content (AvgIpc) is 3.91. The van der Waals surface area contributed by atoms with E-state index in [1.165, 1.54) is 16.7 Å². The maximum absolute atomic E-state index is 13.2. The average molecular weight is 597 g/mol. The highest BCUT2D eigenvalue weighted by Crippen LogP contribution is 2.54. The Morgan fingerprint density at radius 2 is 1.77 bits per heavy atom. The van der Waals surface area contributed by atoms with Crippen molar-refractivity contribution in [3.8, 4) is 0 Å². The molecule has 3 aliphatic carbocycles. The first-order chi connectivity index (χ1) is 20.3. The monoisotopic (exact) mass is 596 g/mol. The molecule has 8 heteroatoms. The van der Waals surface area contributed by atoms with Crippen molar-refractivity contribution in [2.45, 2.75) is 104 Å². The molecule has 3 N–H and O–H groups in total. The number of alkyl halides is 1. The number of piperidine rings is 1. The summed E-state index contributed by atoms with van der Waals surface area (Å²) >= 11 is 0. The van der Waals surface area contributed by atoms with E-state index >= 15 is 0 Å². The topological polar surface area (TPSA) is 99.2 Å². The van der Waals surface area contributed by atoms with E-state index in [1.54, 1.807) is 4.90 Å². The van der Waals surface area contributed by atoms with Crippen LogP contribution in [0.15, 0.2) is 34.5 Å². The molecule has 1 aliphatic heterocycles. The number of carbonyl (C=O) groups excluding carboxylic acids is 2. The second-order valence-corrected chi connectivity index (χ2v) is 13.9. The highest BCUT2D eigenvalue weighted by molar-refractivity contribution is 6.11. The van der Waals surface area contributed by atoms with Crippen LogP contribution in [0.3, 0.4) is 0 Å². The van der Waals surface area contributed by atoms with Gasteiger partial charge >= 0.3 is 0 Å². The Morgan fingerprint density at radius 1 is 1.14 bits per heavy atom. The van der Waals surface area contributed by atoms with Gasteiger partial charge in [-0.05, 0) is 107 Å².